The van der Waals surface area contributed by atoms with Gasteiger partial charge in [-0.1, -0.05) is 6.07 Å². The van der Waals surface area contributed by atoms with Gasteiger partial charge in [-0.3, -0.25) is 4.90 Å². The topological polar surface area (TPSA) is 44.7 Å². The van der Waals surface area contributed by atoms with E-state index >= 15 is 0 Å². The van der Waals surface area contributed by atoms with Crippen molar-refractivity contribution in [3.8, 4) is 0 Å². The Kier molecular flexibility index (Phi) is 5.41. The molecule has 1 unspecified atom stereocenters. The molecule has 1 aliphatic rings. The van der Waals surface area contributed by atoms with Gasteiger partial charge in [-0.25, -0.2) is 0 Å². The number of β-amino-alcohol motifs (C(OH)–C–C–N with tert-alkyl or cyclic N) is 1. The summed E-state index contributed by atoms with van der Waals surface area (Å²) in [5.41, 5.74) is 0. The Labute approximate surface area is 106 Å². The molecular weight excluding hydrogens is 236 g/mol. The molecule has 1 saturated heterocycles. The smallest absolute Gasteiger partial charge is 0.0791 e. The van der Waals surface area contributed by atoms with Crippen molar-refractivity contribution >= 4 is 11.3 Å². The first kappa shape index (κ1) is 13.0. The first-order valence-corrected chi connectivity index (χ1v) is 6.94. The van der Waals surface area contributed by atoms with Gasteiger partial charge < -0.3 is 15.2 Å². The Morgan fingerprint density at radius 2 is 2.29 bits per heavy atom. The predicted molar refractivity (Wildman–Crippen MR) is 69.3 cm³/mol. The van der Waals surface area contributed by atoms with E-state index in [1.165, 1.54) is 4.88 Å². The average Bonchev–Trinajstić information content (AvgIpc) is 2.83. The summed E-state index contributed by atoms with van der Waals surface area (Å²) >= 11 is 1.74. The normalized spacial score (nSPS) is 19.4. The number of nitrogens with one attached hydrogen (secondary N) is 1. The van der Waals surface area contributed by atoms with E-state index in [0.717, 1.165) is 39.4 Å². The lowest BCUT2D eigenvalue weighted by molar-refractivity contribution is 0.0149. The molecule has 1 atom stereocenters. The second-order valence-electron chi connectivity index (χ2n) is 4.28. The minimum absolute atomic E-state index is 0.298. The maximum Gasteiger partial charge on any atom is 0.0791 e. The van der Waals surface area contributed by atoms with E-state index in [0.29, 0.717) is 6.54 Å². The third kappa shape index (κ3) is 4.73. The molecule has 0 amide bonds. The fraction of sp³-hybridized carbons (Fsp3) is 0.667. The maximum atomic E-state index is 9.89. The summed E-state index contributed by atoms with van der Waals surface area (Å²) in [6.45, 7) is 5.67. The Bertz CT molecular complexity index is 299. The average molecular weight is 256 g/mol. The second kappa shape index (κ2) is 7.08. The van der Waals surface area contributed by atoms with Crippen molar-refractivity contribution in [3.05, 3.63) is 22.4 Å². The van der Waals surface area contributed by atoms with Crippen LogP contribution in [0.5, 0.6) is 0 Å². The van der Waals surface area contributed by atoms with Crippen molar-refractivity contribution in [2.24, 2.45) is 0 Å². The van der Waals surface area contributed by atoms with Crippen LogP contribution in [0.25, 0.3) is 0 Å². The fourth-order valence-corrected chi connectivity index (χ4v) is 2.60. The van der Waals surface area contributed by atoms with Gasteiger partial charge in [0, 0.05) is 37.6 Å². The molecule has 0 spiro atoms. The molecule has 0 saturated carbocycles. The van der Waals surface area contributed by atoms with Gasteiger partial charge in [-0.05, 0) is 11.4 Å². The molecule has 1 aliphatic heterocycles. The molecular formula is C12H20N2O2S. The Balaban J connectivity index is 1.58. The van der Waals surface area contributed by atoms with Crippen molar-refractivity contribution in [1.29, 1.82) is 0 Å². The Morgan fingerprint density at radius 1 is 1.47 bits per heavy atom. The summed E-state index contributed by atoms with van der Waals surface area (Å²) in [6.07, 6.45) is -0.298. The highest BCUT2D eigenvalue weighted by molar-refractivity contribution is 7.09. The SMILES string of the molecule is OC(CNCc1cccs1)CN1CCOCC1. The lowest BCUT2D eigenvalue weighted by Crippen LogP contribution is -2.43. The minimum Gasteiger partial charge on any atom is -0.390 e. The van der Waals surface area contributed by atoms with E-state index in [9.17, 15) is 5.11 Å². The van der Waals surface area contributed by atoms with E-state index in [4.69, 9.17) is 4.74 Å². The van der Waals surface area contributed by atoms with Gasteiger partial charge in [0.25, 0.3) is 0 Å². The van der Waals surface area contributed by atoms with Gasteiger partial charge in [0.2, 0.25) is 0 Å². The number of ether oxygens (including phenoxy) is 1. The molecule has 5 heteroatoms. The largest absolute Gasteiger partial charge is 0.390 e. The highest BCUT2D eigenvalue weighted by atomic mass is 32.1. The third-order valence-corrected chi connectivity index (χ3v) is 3.71. The quantitative estimate of drug-likeness (QED) is 0.779. The molecule has 2 N–H and O–H groups in total. The number of hydrogen-bond acceptors (Lipinski definition) is 5. The third-order valence-electron chi connectivity index (χ3n) is 2.83. The molecule has 17 heavy (non-hydrogen) atoms. The van der Waals surface area contributed by atoms with Crippen LogP contribution in [0.2, 0.25) is 0 Å². The number of aliphatic hydroxyl groups excluding tert-OH is 1. The van der Waals surface area contributed by atoms with E-state index in [-0.39, 0.29) is 6.10 Å². The first-order valence-electron chi connectivity index (χ1n) is 6.06. The summed E-state index contributed by atoms with van der Waals surface area (Å²) in [5.74, 6) is 0. The number of hydrogen-bond donors (Lipinski definition) is 2. The van der Waals surface area contributed by atoms with Crippen molar-refractivity contribution in [2.75, 3.05) is 39.4 Å². The number of nitrogens with zero attached hydrogens (tertiary/aromatic N) is 1. The van der Waals surface area contributed by atoms with Crippen LogP contribution in [0.3, 0.4) is 0 Å². The Hall–Kier alpha value is -0.460. The zero-order valence-corrected chi connectivity index (χ0v) is 10.8. The Morgan fingerprint density at radius 3 is 3.00 bits per heavy atom. The number of thiophene rings is 1. The van der Waals surface area contributed by atoms with Gasteiger partial charge in [-0.2, -0.15) is 0 Å². The highest BCUT2D eigenvalue weighted by Crippen LogP contribution is 2.07. The summed E-state index contributed by atoms with van der Waals surface area (Å²) < 4.78 is 5.27. The van der Waals surface area contributed by atoms with Crippen molar-refractivity contribution < 1.29 is 9.84 Å². The second-order valence-corrected chi connectivity index (χ2v) is 5.31. The van der Waals surface area contributed by atoms with E-state index in [1.807, 2.05) is 6.07 Å². The summed E-state index contributed by atoms with van der Waals surface area (Å²) in [7, 11) is 0. The standard InChI is InChI=1S/C12H20N2O2S/c15-11(10-14-3-5-16-6-4-14)8-13-9-12-2-1-7-17-12/h1-2,7,11,13,15H,3-6,8-10H2. The first-order chi connectivity index (χ1) is 8.34. The van der Waals surface area contributed by atoms with Gasteiger partial charge in [-0.15, -0.1) is 11.3 Å². The van der Waals surface area contributed by atoms with E-state index < -0.39 is 0 Å². The molecule has 2 heterocycles. The van der Waals surface area contributed by atoms with Crippen LogP contribution in [-0.4, -0.2) is 55.5 Å². The molecule has 1 fully saturated rings. The van der Waals surface area contributed by atoms with Crippen molar-refractivity contribution in [1.82, 2.24) is 10.2 Å². The molecule has 4 nitrogen and oxygen atoms in total. The van der Waals surface area contributed by atoms with Crippen LogP contribution in [0, 0.1) is 0 Å². The molecule has 0 aliphatic carbocycles. The lowest BCUT2D eigenvalue weighted by Gasteiger charge is -2.28. The summed E-state index contributed by atoms with van der Waals surface area (Å²) in [5, 5.41) is 15.2. The van der Waals surface area contributed by atoms with Crippen LogP contribution in [0.1, 0.15) is 4.88 Å². The molecule has 2 rings (SSSR count). The zero-order chi connectivity index (χ0) is 11.9. The fourth-order valence-electron chi connectivity index (χ4n) is 1.92. The van der Waals surface area contributed by atoms with Gasteiger partial charge in [0.15, 0.2) is 0 Å². The molecule has 1 aromatic rings. The van der Waals surface area contributed by atoms with Gasteiger partial charge in [0.1, 0.15) is 0 Å². The molecule has 0 bridgehead atoms. The number of morpholine rings is 1. The number of aliphatic hydroxyl groups is 1. The van der Waals surface area contributed by atoms with Crippen LogP contribution in [0.4, 0.5) is 0 Å². The molecule has 96 valence electrons. The molecule has 0 radical (unpaired) electrons. The van der Waals surface area contributed by atoms with Gasteiger partial charge >= 0.3 is 0 Å². The van der Waals surface area contributed by atoms with Crippen molar-refractivity contribution in [3.63, 3.8) is 0 Å². The van der Waals surface area contributed by atoms with Gasteiger partial charge in [0.05, 0.1) is 19.3 Å². The monoisotopic (exact) mass is 256 g/mol. The minimum atomic E-state index is -0.298. The maximum absolute atomic E-state index is 9.89. The van der Waals surface area contributed by atoms with Crippen LogP contribution in [0.15, 0.2) is 17.5 Å². The summed E-state index contributed by atoms with van der Waals surface area (Å²) in [6, 6.07) is 4.15. The molecule has 0 aromatic carbocycles. The lowest BCUT2D eigenvalue weighted by atomic mass is 10.3. The predicted octanol–water partition coefficient (Wildman–Crippen LogP) is 0.531. The zero-order valence-electron chi connectivity index (χ0n) is 9.97. The highest BCUT2D eigenvalue weighted by Gasteiger charge is 2.14. The van der Waals surface area contributed by atoms with E-state index in [1.54, 1.807) is 11.3 Å². The van der Waals surface area contributed by atoms with Crippen LogP contribution in [-0.2, 0) is 11.3 Å². The van der Waals surface area contributed by atoms with Crippen LogP contribution < -0.4 is 5.32 Å². The number of rotatable bonds is 6. The van der Waals surface area contributed by atoms with Crippen molar-refractivity contribution in [2.45, 2.75) is 12.6 Å². The van der Waals surface area contributed by atoms with E-state index in [2.05, 4.69) is 21.7 Å². The molecule has 1 aromatic heterocycles. The summed E-state index contributed by atoms with van der Waals surface area (Å²) in [4.78, 5) is 3.56. The van der Waals surface area contributed by atoms with Crippen LogP contribution >= 0.6 is 11.3 Å².